The summed E-state index contributed by atoms with van der Waals surface area (Å²) >= 11 is 0. The Bertz CT molecular complexity index is 746. The number of aromatic nitrogens is 2. The molecule has 7 heteroatoms. The van der Waals surface area contributed by atoms with Gasteiger partial charge in [0.2, 0.25) is 12.1 Å². The van der Waals surface area contributed by atoms with Crippen LogP contribution in [0.5, 0.6) is 0 Å². The molecule has 1 spiro atoms. The van der Waals surface area contributed by atoms with Crippen LogP contribution in [-0.2, 0) is 19.2 Å². The van der Waals surface area contributed by atoms with Crippen LogP contribution >= 0.6 is 0 Å². The Morgan fingerprint density at radius 2 is 1.96 bits per heavy atom. The second kappa shape index (κ2) is 5.05. The van der Waals surface area contributed by atoms with Crippen molar-refractivity contribution in [2.75, 3.05) is 0 Å². The fraction of sp³-hybridized carbons (Fsp3) is 0.778. The van der Waals surface area contributed by atoms with Crippen LogP contribution in [0, 0.1) is 24.7 Å². The lowest BCUT2D eigenvalue weighted by molar-refractivity contribution is -0.553. The van der Waals surface area contributed by atoms with Gasteiger partial charge in [0, 0.05) is 18.3 Å². The van der Waals surface area contributed by atoms with Gasteiger partial charge in [-0.25, -0.2) is 9.78 Å². The highest BCUT2D eigenvalue weighted by molar-refractivity contribution is 5.58. The maximum atomic E-state index is 6.31. The predicted octanol–water partition coefficient (Wildman–Crippen LogP) is 3.35. The van der Waals surface area contributed by atoms with E-state index in [4.69, 9.17) is 23.8 Å². The zero-order valence-electron chi connectivity index (χ0n) is 15.1. The Labute approximate surface area is 146 Å². The molecule has 5 heterocycles. The van der Waals surface area contributed by atoms with Gasteiger partial charge in [0.25, 0.3) is 5.89 Å². The van der Waals surface area contributed by atoms with E-state index in [2.05, 4.69) is 24.0 Å². The van der Waals surface area contributed by atoms with Crippen molar-refractivity contribution in [2.24, 2.45) is 17.8 Å². The maximum Gasteiger partial charge on any atom is 0.293 e. The number of aryl methyl sites for hydroxylation is 1. The molecule has 6 rings (SSSR count). The fourth-order valence-corrected chi connectivity index (χ4v) is 5.22. The first-order chi connectivity index (χ1) is 11.9. The van der Waals surface area contributed by atoms with Gasteiger partial charge in [0.15, 0.2) is 17.2 Å². The van der Waals surface area contributed by atoms with Gasteiger partial charge in [-0.05, 0) is 51.5 Å². The first kappa shape index (κ1) is 15.8. The summed E-state index contributed by atoms with van der Waals surface area (Å²) in [7, 11) is 0. The van der Waals surface area contributed by atoms with E-state index in [0.717, 1.165) is 31.3 Å². The lowest BCUT2D eigenvalue weighted by atomic mass is 9.59. The number of nitrogens with zero attached hydrogens (tertiary/aromatic N) is 2. The molecule has 6 atom stereocenters. The van der Waals surface area contributed by atoms with Gasteiger partial charge in [-0.2, -0.15) is 4.98 Å². The van der Waals surface area contributed by atoms with Crippen molar-refractivity contribution in [1.29, 1.82) is 0 Å². The first-order valence-corrected chi connectivity index (χ1v) is 9.16. The Balaban J connectivity index is 1.66. The molecule has 0 amide bonds. The van der Waals surface area contributed by atoms with Gasteiger partial charge in [-0.1, -0.05) is 12.1 Å². The maximum absolute atomic E-state index is 6.31. The number of fused-ring (bicyclic) bond motifs is 2. The number of ether oxygens (including phenoxy) is 2. The number of hydrogen-bond acceptors (Lipinski definition) is 7. The van der Waals surface area contributed by atoms with Crippen molar-refractivity contribution in [3.05, 3.63) is 17.3 Å². The standard InChI is InChI=1S/C18H24N2O5/c1-9-5-6-13-10(2)14(15-19-11(3)20-23-15)21-16-18(13)12(9)7-8-17(4,22-16)24-25-18/h9,12-13,16H,5-8H2,1-4H3/t9-,12+,13+,16?,17?,18-/m1/s1. The average Bonchev–Trinajstić information content (AvgIpc) is 2.88. The third-order valence-corrected chi connectivity index (χ3v) is 6.55. The minimum absolute atomic E-state index is 0.150. The van der Waals surface area contributed by atoms with Crippen molar-refractivity contribution in [3.63, 3.8) is 0 Å². The quantitative estimate of drug-likeness (QED) is 0.720. The summed E-state index contributed by atoms with van der Waals surface area (Å²) in [5.74, 6) is 1.88. The molecule has 0 N–H and O–H groups in total. The summed E-state index contributed by atoms with van der Waals surface area (Å²) in [5, 5.41) is 3.90. The molecule has 1 aromatic heterocycles. The molecular formula is C18H24N2O5. The van der Waals surface area contributed by atoms with Crippen molar-refractivity contribution in [1.82, 2.24) is 10.1 Å². The lowest BCUT2D eigenvalue weighted by Gasteiger charge is -2.56. The zero-order valence-corrected chi connectivity index (χ0v) is 15.1. The van der Waals surface area contributed by atoms with E-state index in [9.17, 15) is 0 Å². The van der Waals surface area contributed by atoms with E-state index in [1.807, 2.05) is 6.92 Å². The Morgan fingerprint density at radius 1 is 1.12 bits per heavy atom. The van der Waals surface area contributed by atoms with Gasteiger partial charge in [-0.3, -0.25) is 0 Å². The Morgan fingerprint density at radius 3 is 2.72 bits per heavy atom. The molecule has 136 valence electrons. The first-order valence-electron chi connectivity index (χ1n) is 9.16. The molecule has 7 nitrogen and oxygen atoms in total. The minimum atomic E-state index is -0.779. The second-order valence-electron chi connectivity index (χ2n) is 8.13. The molecule has 1 aliphatic carbocycles. The predicted molar refractivity (Wildman–Crippen MR) is 85.5 cm³/mol. The number of rotatable bonds is 1. The fourth-order valence-electron chi connectivity index (χ4n) is 5.22. The lowest BCUT2D eigenvalue weighted by Crippen LogP contribution is -2.66. The van der Waals surface area contributed by atoms with E-state index in [1.165, 1.54) is 0 Å². The molecule has 2 unspecified atom stereocenters. The van der Waals surface area contributed by atoms with Crippen molar-refractivity contribution in [2.45, 2.75) is 71.1 Å². The van der Waals surface area contributed by atoms with Gasteiger partial charge in [0.05, 0.1) is 0 Å². The third kappa shape index (κ3) is 2.03. The van der Waals surface area contributed by atoms with Gasteiger partial charge >= 0.3 is 0 Å². The summed E-state index contributed by atoms with van der Waals surface area (Å²) in [6, 6.07) is 0. The molecule has 1 aromatic rings. The molecule has 4 aliphatic heterocycles. The van der Waals surface area contributed by atoms with Crippen LogP contribution < -0.4 is 0 Å². The molecule has 0 aromatic carbocycles. The molecule has 3 saturated heterocycles. The molecule has 2 bridgehead atoms. The zero-order chi connectivity index (χ0) is 17.4. The normalized spacial score (nSPS) is 45.8. The molecule has 25 heavy (non-hydrogen) atoms. The second-order valence-corrected chi connectivity index (χ2v) is 8.13. The monoisotopic (exact) mass is 348 g/mol. The van der Waals surface area contributed by atoms with Crippen LogP contribution in [0.3, 0.4) is 0 Å². The van der Waals surface area contributed by atoms with E-state index < -0.39 is 17.7 Å². The molecule has 0 radical (unpaired) electrons. The highest BCUT2D eigenvalue weighted by Gasteiger charge is 2.68. The molecule has 4 fully saturated rings. The summed E-state index contributed by atoms with van der Waals surface area (Å²) in [6.45, 7) is 8.09. The topological polar surface area (TPSA) is 75.8 Å². The minimum Gasteiger partial charge on any atom is -0.456 e. The highest BCUT2D eigenvalue weighted by Crippen LogP contribution is 2.60. The van der Waals surface area contributed by atoms with Crippen LogP contribution in [0.15, 0.2) is 10.1 Å². The van der Waals surface area contributed by atoms with E-state index in [0.29, 0.717) is 29.3 Å². The summed E-state index contributed by atoms with van der Waals surface area (Å²) in [6.07, 6.45) is 3.43. The van der Waals surface area contributed by atoms with E-state index >= 15 is 0 Å². The average molecular weight is 348 g/mol. The van der Waals surface area contributed by atoms with E-state index in [1.54, 1.807) is 6.92 Å². The van der Waals surface area contributed by atoms with Crippen LogP contribution in [0.2, 0.25) is 0 Å². The van der Waals surface area contributed by atoms with Crippen molar-refractivity contribution >= 4 is 5.76 Å². The summed E-state index contributed by atoms with van der Waals surface area (Å²) in [5.41, 5.74) is 0.477. The van der Waals surface area contributed by atoms with Gasteiger partial charge in [-0.15, -0.1) is 0 Å². The van der Waals surface area contributed by atoms with Crippen molar-refractivity contribution < 1.29 is 23.8 Å². The van der Waals surface area contributed by atoms with Crippen molar-refractivity contribution in [3.8, 4) is 0 Å². The largest absolute Gasteiger partial charge is 0.456 e. The molecule has 5 aliphatic rings. The van der Waals surface area contributed by atoms with Crippen LogP contribution in [0.4, 0.5) is 0 Å². The summed E-state index contributed by atoms with van der Waals surface area (Å²) in [4.78, 5) is 16.2. The van der Waals surface area contributed by atoms with Crippen LogP contribution in [0.1, 0.15) is 58.2 Å². The SMILES string of the molecule is CC1=C(c2nc(C)no2)OC2OC3(C)CC[C@H]4[C@H](C)CC[C@@H]1[C@@]24OO3. The van der Waals surface area contributed by atoms with Gasteiger partial charge < -0.3 is 14.0 Å². The highest BCUT2D eigenvalue weighted by atomic mass is 17.3. The van der Waals surface area contributed by atoms with Gasteiger partial charge in [0.1, 0.15) is 0 Å². The number of hydrogen-bond donors (Lipinski definition) is 0. The summed E-state index contributed by atoms with van der Waals surface area (Å²) < 4.78 is 18.0. The van der Waals surface area contributed by atoms with Crippen LogP contribution in [-0.4, -0.2) is 27.8 Å². The van der Waals surface area contributed by atoms with E-state index in [-0.39, 0.29) is 5.92 Å². The third-order valence-electron chi connectivity index (χ3n) is 6.55. The van der Waals surface area contributed by atoms with Crippen LogP contribution in [0.25, 0.3) is 5.76 Å². The smallest absolute Gasteiger partial charge is 0.293 e. The molecule has 1 saturated carbocycles. The Kier molecular flexibility index (Phi) is 3.19. The Hall–Kier alpha value is -1.44. The molecular weight excluding hydrogens is 324 g/mol.